The van der Waals surface area contributed by atoms with E-state index in [-0.39, 0.29) is 10.6 Å². The lowest BCUT2D eigenvalue weighted by Gasteiger charge is -2.09. The van der Waals surface area contributed by atoms with Crippen molar-refractivity contribution < 1.29 is 14.3 Å². The van der Waals surface area contributed by atoms with Crippen molar-refractivity contribution in [2.24, 2.45) is 5.73 Å². The maximum absolute atomic E-state index is 11.5. The molecule has 1 atom stereocenters. The van der Waals surface area contributed by atoms with Crippen LogP contribution in [0, 0.1) is 0 Å². The summed E-state index contributed by atoms with van der Waals surface area (Å²) in [6, 6.07) is 6.42. The Morgan fingerprint density at radius 3 is 2.53 bits per heavy atom. The van der Waals surface area contributed by atoms with Gasteiger partial charge in [-0.2, -0.15) is 0 Å². The van der Waals surface area contributed by atoms with Crippen LogP contribution in [0.5, 0.6) is 0 Å². The summed E-state index contributed by atoms with van der Waals surface area (Å²) in [4.78, 5) is 22.1. The lowest BCUT2D eigenvalue weighted by Crippen LogP contribution is -2.30. The van der Waals surface area contributed by atoms with Gasteiger partial charge in [-0.3, -0.25) is 4.79 Å². The summed E-state index contributed by atoms with van der Waals surface area (Å²) in [5.41, 5.74) is 5.17. The van der Waals surface area contributed by atoms with E-state index >= 15 is 0 Å². The maximum Gasteiger partial charge on any atom is 0.340 e. The summed E-state index contributed by atoms with van der Waals surface area (Å²) < 4.78 is 4.78. The molecular weight excluding hydrogens is 218 g/mol. The van der Waals surface area contributed by atoms with Crippen LogP contribution in [0.25, 0.3) is 0 Å². The number of amides is 1. The molecule has 1 aromatic rings. The molecule has 0 aliphatic carbocycles. The number of nitrogens with two attached hydrogens (primary N) is 1. The minimum Gasteiger partial charge on any atom is -0.449 e. The van der Waals surface area contributed by atoms with Gasteiger partial charge in [-0.1, -0.05) is 23.7 Å². The average Bonchev–Trinajstić information content (AvgIpc) is 2.18. The van der Waals surface area contributed by atoms with Crippen LogP contribution in [0.1, 0.15) is 17.3 Å². The summed E-state index contributed by atoms with van der Waals surface area (Å²) in [6.07, 6.45) is -0.964. The van der Waals surface area contributed by atoms with Gasteiger partial charge in [0.25, 0.3) is 5.91 Å². The van der Waals surface area contributed by atoms with Crippen molar-refractivity contribution in [3.8, 4) is 0 Å². The molecule has 80 valence electrons. The number of hydrogen-bond donors (Lipinski definition) is 1. The van der Waals surface area contributed by atoms with Gasteiger partial charge in [-0.25, -0.2) is 4.79 Å². The van der Waals surface area contributed by atoms with Gasteiger partial charge in [0.15, 0.2) is 6.10 Å². The minimum absolute atomic E-state index is 0.215. The summed E-state index contributed by atoms with van der Waals surface area (Å²) in [5, 5.41) is 0.277. The van der Waals surface area contributed by atoms with Crippen molar-refractivity contribution in [1.29, 1.82) is 0 Å². The van der Waals surface area contributed by atoms with Crippen LogP contribution >= 0.6 is 11.6 Å². The summed E-state index contributed by atoms with van der Waals surface area (Å²) in [5.74, 6) is -1.36. The number of esters is 1. The van der Waals surface area contributed by atoms with Crippen LogP contribution < -0.4 is 5.73 Å². The quantitative estimate of drug-likeness (QED) is 0.793. The van der Waals surface area contributed by atoms with Crippen LogP contribution in [0.4, 0.5) is 0 Å². The molecule has 1 rings (SSSR count). The molecule has 0 aliphatic rings. The fraction of sp³-hybridized carbons (Fsp3) is 0.200. The fourth-order valence-corrected chi connectivity index (χ4v) is 1.12. The number of carbonyl (C=O) groups excluding carboxylic acids is 2. The number of rotatable bonds is 3. The van der Waals surface area contributed by atoms with E-state index in [1.165, 1.54) is 13.0 Å². The third-order valence-corrected chi connectivity index (χ3v) is 2.11. The molecule has 1 amide bonds. The lowest BCUT2D eigenvalue weighted by molar-refractivity contribution is -0.125. The third-order valence-electron chi connectivity index (χ3n) is 1.78. The standard InChI is InChI=1S/C10H10ClNO3/c1-6(9(12)13)15-10(14)7-4-2-3-5-8(7)11/h2-6H,1H3,(H2,12,13)/t6-/m0/s1. The zero-order chi connectivity index (χ0) is 11.4. The first-order valence-corrected chi connectivity index (χ1v) is 4.65. The largest absolute Gasteiger partial charge is 0.449 e. The molecule has 0 unspecified atom stereocenters. The van der Waals surface area contributed by atoms with Crippen LogP contribution in [-0.4, -0.2) is 18.0 Å². The van der Waals surface area contributed by atoms with Crippen LogP contribution in [0.2, 0.25) is 5.02 Å². The van der Waals surface area contributed by atoms with E-state index in [1.54, 1.807) is 18.2 Å². The monoisotopic (exact) mass is 227 g/mol. The SMILES string of the molecule is C[C@H](OC(=O)c1ccccc1Cl)C(N)=O. The third kappa shape index (κ3) is 2.95. The maximum atomic E-state index is 11.5. The molecule has 2 N–H and O–H groups in total. The van der Waals surface area contributed by atoms with Gasteiger partial charge in [-0.05, 0) is 19.1 Å². The van der Waals surface area contributed by atoms with Crippen LogP contribution in [-0.2, 0) is 9.53 Å². The van der Waals surface area contributed by atoms with Gasteiger partial charge in [-0.15, -0.1) is 0 Å². The fourth-order valence-electron chi connectivity index (χ4n) is 0.909. The van der Waals surface area contributed by atoms with Gasteiger partial charge in [0.1, 0.15) is 0 Å². The molecule has 0 radical (unpaired) electrons. The molecule has 0 heterocycles. The second kappa shape index (κ2) is 4.79. The van der Waals surface area contributed by atoms with Crippen molar-refractivity contribution in [1.82, 2.24) is 0 Å². The van der Waals surface area contributed by atoms with E-state index in [9.17, 15) is 9.59 Å². The molecule has 0 aromatic heterocycles. The highest BCUT2D eigenvalue weighted by atomic mass is 35.5. The predicted molar refractivity (Wildman–Crippen MR) is 55.5 cm³/mol. The second-order valence-corrected chi connectivity index (χ2v) is 3.34. The Balaban J connectivity index is 2.78. The average molecular weight is 228 g/mol. The lowest BCUT2D eigenvalue weighted by atomic mass is 10.2. The van der Waals surface area contributed by atoms with E-state index in [1.807, 2.05) is 0 Å². The molecular formula is C10H10ClNO3. The van der Waals surface area contributed by atoms with Gasteiger partial charge in [0.05, 0.1) is 10.6 Å². The zero-order valence-corrected chi connectivity index (χ0v) is 8.82. The number of benzene rings is 1. The highest BCUT2D eigenvalue weighted by Gasteiger charge is 2.17. The smallest absolute Gasteiger partial charge is 0.340 e. The number of primary amides is 1. The molecule has 0 aliphatic heterocycles. The summed E-state index contributed by atoms with van der Waals surface area (Å²) in [7, 11) is 0. The van der Waals surface area contributed by atoms with Gasteiger partial charge in [0, 0.05) is 0 Å². The van der Waals surface area contributed by atoms with E-state index < -0.39 is 18.0 Å². The number of carbonyl (C=O) groups is 2. The highest BCUT2D eigenvalue weighted by Crippen LogP contribution is 2.16. The van der Waals surface area contributed by atoms with E-state index in [2.05, 4.69) is 0 Å². The number of halogens is 1. The second-order valence-electron chi connectivity index (χ2n) is 2.93. The molecule has 0 saturated carbocycles. The Labute approximate surface area is 92.0 Å². The first-order valence-electron chi connectivity index (χ1n) is 4.27. The predicted octanol–water partition coefficient (Wildman–Crippen LogP) is 1.37. The van der Waals surface area contributed by atoms with Gasteiger partial charge >= 0.3 is 5.97 Å². The van der Waals surface area contributed by atoms with Crippen molar-refractivity contribution in [2.45, 2.75) is 13.0 Å². The first kappa shape index (κ1) is 11.5. The summed E-state index contributed by atoms with van der Waals surface area (Å²) in [6.45, 7) is 1.40. The van der Waals surface area contributed by atoms with Crippen molar-refractivity contribution in [2.75, 3.05) is 0 Å². The van der Waals surface area contributed by atoms with E-state index in [4.69, 9.17) is 22.1 Å². The molecule has 1 aromatic carbocycles. The molecule has 15 heavy (non-hydrogen) atoms. The van der Waals surface area contributed by atoms with Crippen molar-refractivity contribution in [3.63, 3.8) is 0 Å². The molecule has 0 spiro atoms. The normalized spacial score (nSPS) is 11.9. The van der Waals surface area contributed by atoms with Gasteiger partial charge in [0.2, 0.25) is 0 Å². The van der Waals surface area contributed by atoms with Crippen LogP contribution in [0.3, 0.4) is 0 Å². The first-order chi connectivity index (χ1) is 7.02. The van der Waals surface area contributed by atoms with Crippen molar-refractivity contribution >= 4 is 23.5 Å². The Morgan fingerprint density at radius 2 is 2.00 bits per heavy atom. The Hall–Kier alpha value is -1.55. The molecule has 0 saturated heterocycles. The van der Waals surface area contributed by atoms with E-state index in [0.29, 0.717) is 0 Å². The van der Waals surface area contributed by atoms with Crippen LogP contribution in [0.15, 0.2) is 24.3 Å². The molecule has 4 nitrogen and oxygen atoms in total. The van der Waals surface area contributed by atoms with E-state index in [0.717, 1.165) is 0 Å². The van der Waals surface area contributed by atoms with Gasteiger partial charge < -0.3 is 10.5 Å². The molecule has 0 bridgehead atoms. The Morgan fingerprint density at radius 1 is 1.40 bits per heavy atom. The van der Waals surface area contributed by atoms with Crippen molar-refractivity contribution in [3.05, 3.63) is 34.9 Å². The number of ether oxygens (including phenoxy) is 1. The topological polar surface area (TPSA) is 69.4 Å². The Bertz CT molecular complexity index is 392. The highest BCUT2D eigenvalue weighted by molar-refractivity contribution is 6.33. The molecule has 0 fully saturated rings. The Kier molecular flexibility index (Phi) is 3.68. The minimum atomic E-state index is -0.964. The number of hydrogen-bond acceptors (Lipinski definition) is 3. The zero-order valence-electron chi connectivity index (χ0n) is 8.07. The molecule has 5 heteroatoms. The summed E-state index contributed by atoms with van der Waals surface area (Å²) >= 11 is 5.77.